The third-order valence-corrected chi connectivity index (χ3v) is 6.02. The fourth-order valence-corrected chi connectivity index (χ4v) is 4.31. The van der Waals surface area contributed by atoms with Gasteiger partial charge in [0, 0.05) is 17.3 Å². The number of benzene rings is 3. The zero-order valence-corrected chi connectivity index (χ0v) is 19.0. The first kappa shape index (κ1) is 21.8. The summed E-state index contributed by atoms with van der Waals surface area (Å²) in [5.74, 6) is 2.01. The van der Waals surface area contributed by atoms with Crippen molar-refractivity contribution in [1.29, 1.82) is 0 Å². The Kier molecular flexibility index (Phi) is 6.42. The number of halogens is 1. The fourth-order valence-electron chi connectivity index (χ4n) is 4.07. The highest BCUT2D eigenvalue weighted by molar-refractivity contribution is 6.31. The summed E-state index contributed by atoms with van der Waals surface area (Å²) in [6.07, 6.45) is 0.687. The Labute approximate surface area is 192 Å². The van der Waals surface area contributed by atoms with Crippen molar-refractivity contribution in [2.24, 2.45) is 0 Å². The van der Waals surface area contributed by atoms with E-state index in [0.717, 1.165) is 22.4 Å². The van der Waals surface area contributed by atoms with Crippen LogP contribution in [-0.2, 0) is 6.42 Å². The predicted octanol–water partition coefficient (Wildman–Crippen LogP) is 5.55. The molecule has 1 aliphatic heterocycles. The first-order valence-electron chi connectivity index (χ1n) is 10.3. The van der Waals surface area contributed by atoms with Gasteiger partial charge >= 0.3 is 6.03 Å². The van der Waals surface area contributed by atoms with Crippen molar-refractivity contribution in [3.05, 3.63) is 82.4 Å². The third kappa shape index (κ3) is 4.18. The Balaban J connectivity index is 1.75. The predicted molar refractivity (Wildman–Crippen MR) is 125 cm³/mol. The highest BCUT2D eigenvalue weighted by atomic mass is 35.5. The zero-order chi connectivity index (χ0) is 22.7. The van der Waals surface area contributed by atoms with Gasteiger partial charge in [0.1, 0.15) is 5.75 Å². The monoisotopic (exact) mass is 452 g/mol. The molecule has 0 unspecified atom stereocenters. The summed E-state index contributed by atoms with van der Waals surface area (Å²) in [5.41, 5.74) is 3.60. The van der Waals surface area contributed by atoms with Crippen LogP contribution in [-0.4, -0.2) is 38.8 Å². The van der Waals surface area contributed by atoms with Gasteiger partial charge in [-0.25, -0.2) is 4.79 Å². The van der Waals surface area contributed by atoms with Crippen molar-refractivity contribution in [2.75, 3.05) is 33.2 Å². The maximum atomic E-state index is 13.4. The van der Waals surface area contributed by atoms with Gasteiger partial charge in [-0.15, -0.1) is 0 Å². The quantitative estimate of drug-likeness (QED) is 0.551. The van der Waals surface area contributed by atoms with E-state index in [0.29, 0.717) is 35.2 Å². The second-order valence-electron chi connectivity index (χ2n) is 7.43. The molecule has 0 aliphatic carbocycles. The van der Waals surface area contributed by atoms with Crippen LogP contribution in [0, 0.1) is 0 Å². The molecule has 0 radical (unpaired) electrons. The van der Waals surface area contributed by atoms with Gasteiger partial charge in [0.15, 0.2) is 11.5 Å². The van der Waals surface area contributed by atoms with E-state index in [1.165, 1.54) is 0 Å². The number of hydrogen-bond acceptors (Lipinski definition) is 4. The highest BCUT2D eigenvalue weighted by Gasteiger charge is 2.34. The molecule has 32 heavy (non-hydrogen) atoms. The number of fused-ring (bicyclic) bond motifs is 1. The number of methoxy groups -OCH3 is 3. The molecule has 1 heterocycles. The van der Waals surface area contributed by atoms with Crippen molar-refractivity contribution in [3.8, 4) is 17.2 Å². The summed E-state index contributed by atoms with van der Waals surface area (Å²) < 4.78 is 16.2. The lowest BCUT2D eigenvalue weighted by molar-refractivity contribution is 0.193. The average molecular weight is 453 g/mol. The molecule has 2 amide bonds. The minimum atomic E-state index is -0.370. The normalized spacial score (nSPS) is 15.0. The van der Waals surface area contributed by atoms with Crippen molar-refractivity contribution >= 4 is 23.3 Å². The van der Waals surface area contributed by atoms with Crippen LogP contribution < -0.4 is 19.5 Å². The molecule has 0 fully saturated rings. The average Bonchev–Trinajstić information content (AvgIpc) is 2.83. The fraction of sp³-hybridized carbons (Fsp3) is 0.240. The number of carbonyl (C=O) groups is 1. The van der Waals surface area contributed by atoms with Gasteiger partial charge in [-0.3, -0.25) is 0 Å². The molecule has 0 saturated carbocycles. The standard InChI is InChI=1S/C25H25ClN2O4/c1-30-18-10-8-17(9-11-18)27-25(29)28-13-12-16-14-22(31-2)23(32-3)15-20(16)24(28)19-6-4-5-7-21(19)26/h4-11,14-15,24H,12-13H2,1-3H3,(H,27,29)/t24-/m0/s1. The number of urea groups is 1. The van der Waals surface area contributed by atoms with E-state index in [1.807, 2.05) is 60.7 Å². The summed E-state index contributed by atoms with van der Waals surface area (Å²) in [4.78, 5) is 15.2. The van der Waals surface area contributed by atoms with Gasteiger partial charge in [0.25, 0.3) is 0 Å². The maximum Gasteiger partial charge on any atom is 0.322 e. The molecular formula is C25H25ClN2O4. The molecule has 0 spiro atoms. The van der Waals surface area contributed by atoms with Crippen LogP contribution in [0.2, 0.25) is 5.02 Å². The first-order chi connectivity index (χ1) is 15.5. The van der Waals surface area contributed by atoms with Crippen LogP contribution in [0.4, 0.5) is 10.5 Å². The maximum absolute atomic E-state index is 13.4. The second-order valence-corrected chi connectivity index (χ2v) is 7.84. The number of ether oxygens (including phenoxy) is 3. The molecule has 1 aliphatic rings. The molecule has 4 rings (SSSR count). The second kappa shape index (κ2) is 9.40. The zero-order valence-electron chi connectivity index (χ0n) is 18.2. The third-order valence-electron chi connectivity index (χ3n) is 5.68. The van der Waals surface area contributed by atoms with Gasteiger partial charge in [-0.05, 0) is 65.6 Å². The lowest BCUT2D eigenvalue weighted by Gasteiger charge is -2.38. The van der Waals surface area contributed by atoms with E-state index >= 15 is 0 Å². The first-order valence-corrected chi connectivity index (χ1v) is 10.6. The van der Waals surface area contributed by atoms with Crippen LogP contribution in [0.25, 0.3) is 0 Å². The van der Waals surface area contributed by atoms with Crippen LogP contribution in [0.5, 0.6) is 17.2 Å². The van der Waals surface area contributed by atoms with Crippen molar-refractivity contribution in [1.82, 2.24) is 4.90 Å². The van der Waals surface area contributed by atoms with Crippen LogP contribution >= 0.6 is 11.6 Å². The topological polar surface area (TPSA) is 60.0 Å². The molecule has 3 aromatic rings. The lowest BCUT2D eigenvalue weighted by Crippen LogP contribution is -2.43. The van der Waals surface area contributed by atoms with E-state index in [-0.39, 0.29) is 12.1 Å². The highest BCUT2D eigenvalue weighted by Crippen LogP contribution is 2.42. The van der Waals surface area contributed by atoms with Crippen LogP contribution in [0.15, 0.2) is 60.7 Å². The van der Waals surface area contributed by atoms with Gasteiger partial charge in [0.2, 0.25) is 0 Å². The van der Waals surface area contributed by atoms with Crippen LogP contribution in [0.1, 0.15) is 22.7 Å². The van der Waals surface area contributed by atoms with E-state index in [2.05, 4.69) is 5.32 Å². The van der Waals surface area contributed by atoms with Crippen LogP contribution in [0.3, 0.4) is 0 Å². The smallest absolute Gasteiger partial charge is 0.322 e. The van der Waals surface area contributed by atoms with Crippen molar-refractivity contribution in [3.63, 3.8) is 0 Å². The van der Waals surface area contributed by atoms with Gasteiger partial charge in [-0.2, -0.15) is 0 Å². The Morgan fingerprint density at radius 2 is 1.62 bits per heavy atom. The van der Waals surface area contributed by atoms with Gasteiger partial charge < -0.3 is 24.4 Å². The Bertz CT molecular complexity index is 1120. The van der Waals surface area contributed by atoms with E-state index in [4.69, 9.17) is 25.8 Å². The van der Waals surface area contributed by atoms with E-state index in [1.54, 1.807) is 26.2 Å². The number of rotatable bonds is 5. The number of nitrogens with one attached hydrogen (secondary N) is 1. The van der Waals surface area contributed by atoms with Gasteiger partial charge in [0.05, 0.1) is 27.4 Å². The molecule has 6 nitrogen and oxygen atoms in total. The summed E-state index contributed by atoms with van der Waals surface area (Å²) in [6.45, 7) is 0.528. The number of nitrogens with zero attached hydrogens (tertiary/aromatic N) is 1. The molecule has 1 atom stereocenters. The van der Waals surface area contributed by atoms with E-state index < -0.39 is 0 Å². The molecule has 0 aromatic heterocycles. The number of carbonyl (C=O) groups excluding carboxylic acids is 1. The summed E-state index contributed by atoms with van der Waals surface area (Å²) >= 11 is 6.59. The molecule has 166 valence electrons. The molecule has 7 heteroatoms. The number of hydrogen-bond donors (Lipinski definition) is 1. The summed E-state index contributed by atoms with van der Waals surface area (Å²) in [6, 6.07) is 18.2. The number of amides is 2. The molecule has 1 N–H and O–H groups in total. The minimum absolute atomic E-state index is 0.208. The molecule has 0 bridgehead atoms. The summed E-state index contributed by atoms with van der Waals surface area (Å²) in [7, 11) is 4.83. The molecule has 3 aromatic carbocycles. The molecule has 0 saturated heterocycles. The lowest BCUT2D eigenvalue weighted by atomic mass is 9.87. The SMILES string of the molecule is COc1ccc(NC(=O)N2CCc3cc(OC)c(OC)cc3[C@@H]2c2ccccc2Cl)cc1. The van der Waals surface area contributed by atoms with E-state index in [9.17, 15) is 4.79 Å². The Hall–Kier alpha value is -3.38. The molecular weight excluding hydrogens is 428 g/mol. The Morgan fingerprint density at radius 3 is 2.28 bits per heavy atom. The minimum Gasteiger partial charge on any atom is -0.497 e. The number of anilines is 1. The van der Waals surface area contributed by atoms with Crippen molar-refractivity contribution < 1.29 is 19.0 Å². The Morgan fingerprint density at radius 1 is 0.938 bits per heavy atom. The van der Waals surface area contributed by atoms with Crippen molar-refractivity contribution in [2.45, 2.75) is 12.5 Å². The summed E-state index contributed by atoms with van der Waals surface area (Å²) in [5, 5.41) is 3.60. The largest absolute Gasteiger partial charge is 0.497 e. The van der Waals surface area contributed by atoms with Gasteiger partial charge in [-0.1, -0.05) is 29.8 Å².